The van der Waals surface area contributed by atoms with E-state index in [-0.39, 0.29) is 5.91 Å². The highest BCUT2D eigenvalue weighted by molar-refractivity contribution is 6.06. The van der Waals surface area contributed by atoms with E-state index in [1.165, 1.54) is 11.1 Å². The van der Waals surface area contributed by atoms with Crippen LogP contribution < -0.4 is 4.90 Å². The molecule has 0 atom stereocenters. The standard InChI is InChI=1S/C17H17NO/c1-13-8-10-15(11-9-13)17(19)18-12-4-6-14-5-2-3-7-16(14)18/h2-3,5,7-11H,4,6,12H2,1H3. The van der Waals surface area contributed by atoms with Crippen molar-refractivity contribution in [2.24, 2.45) is 0 Å². The fourth-order valence-corrected chi connectivity index (χ4v) is 2.60. The van der Waals surface area contributed by atoms with Crippen LogP contribution in [0.1, 0.15) is 27.9 Å². The molecule has 0 unspecified atom stereocenters. The Hall–Kier alpha value is -2.09. The van der Waals surface area contributed by atoms with E-state index in [0.29, 0.717) is 0 Å². The van der Waals surface area contributed by atoms with Gasteiger partial charge in [0.05, 0.1) is 0 Å². The average molecular weight is 251 g/mol. The van der Waals surface area contributed by atoms with Gasteiger partial charge in [0.15, 0.2) is 0 Å². The predicted octanol–water partition coefficient (Wildman–Crippen LogP) is 3.59. The van der Waals surface area contributed by atoms with E-state index >= 15 is 0 Å². The molecular weight excluding hydrogens is 234 g/mol. The second-order valence-electron chi connectivity index (χ2n) is 5.06. The smallest absolute Gasteiger partial charge is 0.258 e. The van der Waals surface area contributed by atoms with Crippen LogP contribution in [-0.2, 0) is 6.42 Å². The number of rotatable bonds is 1. The van der Waals surface area contributed by atoms with Crippen molar-refractivity contribution in [1.29, 1.82) is 0 Å². The summed E-state index contributed by atoms with van der Waals surface area (Å²) in [5.74, 6) is 0.104. The Bertz CT molecular complexity index is 601. The summed E-state index contributed by atoms with van der Waals surface area (Å²) >= 11 is 0. The van der Waals surface area contributed by atoms with Crippen molar-refractivity contribution in [3.05, 3.63) is 65.2 Å². The summed E-state index contributed by atoms with van der Waals surface area (Å²) < 4.78 is 0. The minimum absolute atomic E-state index is 0.104. The van der Waals surface area contributed by atoms with E-state index in [1.54, 1.807) is 0 Å². The van der Waals surface area contributed by atoms with Gasteiger partial charge < -0.3 is 4.90 Å². The first-order chi connectivity index (χ1) is 9.25. The number of para-hydroxylation sites is 1. The van der Waals surface area contributed by atoms with E-state index in [1.807, 2.05) is 54.3 Å². The number of carbonyl (C=O) groups is 1. The van der Waals surface area contributed by atoms with E-state index in [9.17, 15) is 4.79 Å². The number of nitrogens with zero attached hydrogens (tertiary/aromatic N) is 1. The highest BCUT2D eigenvalue weighted by Gasteiger charge is 2.22. The normalized spacial score (nSPS) is 14.1. The quantitative estimate of drug-likeness (QED) is 0.758. The molecule has 1 heterocycles. The van der Waals surface area contributed by atoms with Gasteiger partial charge in [0.25, 0.3) is 5.91 Å². The summed E-state index contributed by atoms with van der Waals surface area (Å²) in [6, 6.07) is 16.0. The largest absolute Gasteiger partial charge is 0.308 e. The molecule has 0 bridgehead atoms. The summed E-state index contributed by atoms with van der Waals surface area (Å²) in [6.45, 7) is 2.84. The summed E-state index contributed by atoms with van der Waals surface area (Å²) in [5, 5.41) is 0. The molecule has 2 nitrogen and oxygen atoms in total. The third-order valence-corrected chi connectivity index (χ3v) is 3.65. The highest BCUT2D eigenvalue weighted by Crippen LogP contribution is 2.28. The topological polar surface area (TPSA) is 20.3 Å². The Morgan fingerprint density at radius 3 is 2.58 bits per heavy atom. The van der Waals surface area contributed by atoms with Crippen LogP contribution in [0.25, 0.3) is 0 Å². The van der Waals surface area contributed by atoms with Gasteiger partial charge in [-0.15, -0.1) is 0 Å². The molecule has 19 heavy (non-hydrogen) atoms. The number of anilines is 1. The van der Waals surface area contributed by atoms with Crippen LogP contribution in [0.4, 0.5) is 5.69 Å². The second kappa shape index (κ2) is 4.88. The monoisotopic (exact) mass is 251 g/mol. The Labute approximate surface area is 113 Å². The number of amides is 1. The molecule has 1 amide bonds. The van der Waals surface area contributed by atoms with Gasteiger partial charge in [0, 0.05) is 17.8 Å². The van der Waals surface area contributed by atoms with Gasteiger partial charge in [-0.25, -0.2) is 0 Å². The Morgan fingerprint density at radius 1 is 1.05 bits per heavy atom. The molecule has 2 aromatic rings. The number of fused-ring (bicyclic) bond motifs is 1. The van der Waals surface area contributed by atoms with Crippen LogP contribution in [0.15, 0.2) is 48.5 Å². The van der Waals surface area contributed by atoms with Crippen molar-refractivity contribution in [1.82, 2.24) is 0 Å². The molecule has 2 heteroatoms. The lowest BCUT2D eigenvalue weighted by Gasteiger charge is -2.29. The molecule has 1 aliphatic rings. The summed E-state index contributed by atoms with van der Waals surface area (Å²) in [5.41, 5.74) is 4.28. The zero-order valence-electron chi connectivity index (χ0n) is 11.1. The van der Waals surface area contributed by atoms with Gasteiger partial charge in [-0.05, 0) is 43.5 Å². The minimum atomic E-state index is 0.104. The van der Waals surface area contributed by atoms with Gasteiger partial charge in [0.1, 0.15) is 0 Å². The summed E-state index contributed by atoms with van der Waals surface area (Å²) in [6.07, 6.45) is 2.10. The van der Waals surface area contributed by atoms with Crippen LogP contribution >= 0.6 is 0 Å². The van der Waals surface area contributed by atoms with Gasteiger partial charge in [-0.3, -0.25) is 4.79 Å². The molecule has 3 rings (SSSR count). The minimum Gasteiger partial charge on any atom is -0.308 e. The number of aryl methyl sites for hydroxylation is 2. The maximum Gasteiger partial charge on any atom is 0.258 e. The molecule has 0 saturated heterocycles. The highest BCUT2D eigenvalue weighted by atomic mass is 16.2. The molecule has 0 radical (unpaired) electrons. The lowest BCUT2D eigenvalue weighted by atomic mass is 10.0. The molecule has 0 N–H and O–H groups in total. The fraction of sp³-hybridized carbons (Fsp3) is 0.235. The molecule has 0 aliphatic carbocycles. The summed E-state index contributed by atoms with van der Waals surface area (Å²) in [7, 11) is 0. The summed E-state index contributed by atoms with van der Waals surface area (Å²) in [4.78, 5) is 14.5. The van der Waals surface area contributed by atoms with Crippen molar-refractivity contribution < 1.29 is 4.79 Å². The third-order valence-electron chi connectivity index (χ3n) is 3.65. The number of benzene rings is 2. The maximum absolute atomic E-state index is 12.6. The van der Waals surface area contributed by atoms with Crippen molar-refractivity contribution in [2.75, 3.05) is 11.4 Å². The third kappa shape index (κ3) is 2.26. The number of hydrogen-bond donors (Lipinski definition) is 0. The van der Waals surface area contributed by atoms with Crippen LogP contribution in [-0.4, -0.2) is 12.5 Å². The lowest BCUT2D eigenvalue weighted by molar-refractivity contribution is 0.0985. The number of carbonyl (C=O) groups excluding carboxylic acids is 1. The van der Waals surface area contributed by atoms with Crippen LogP contribution in [0.5, 0.6) is 0 Å². The molecule has 0 saturated carbocycles. The van der Waals surface area contributed by atoms with Gasteiger partial charge in [-0.2, -0.15) is 0 Å². The molecule has 0 spiro atoms. The van der Waals surface area contributed by atoms with Crippen molar-refractivity contribution in [3.63, 3.8) is 0 Å². The molecule has 0 fully saturated rings. The molecule has 0 aromatic heterocycles. The first kappa shape index (κ1) is 12.0. The van der Waals surface area contributed by atoms with Crippen LogP contribution in [0.3, 0.4) is 0 Å². The average Bonchev–Trinajstić information content (AvgIpc) is 2.47. The van der Waals surface area contributed by atoms with Crippen molar-refractivity contribution in [3.8, 4) is 0 Å². The number of hydrogen-bond acceptors (Lipinski definition) is 1. The predicted molar refractivity (Wildman–Crippen MR) is 77.6 cm³/mol. The Kier molecular flexibility index (Phi) is 3.08. The first-order valence-corrected chi connectivity index (χ1v) is 6.72. The van der Waals surface area contributed by atoms with Gasteiger partial charge >= 0.3 is 0 Å². The van der Waals surface area contributed by atoms with Crippen LogP contribution in [0.2, 0.25) is 0 Å². The lowest BCUT2D eigenvalue weighted by Crippen LogP contribution is -2.35. The van der Waals surface area contributed by atoms with E-state index in [2.05, 4.69) is 6.07 Å². The fourth-order valence-electron chi connectivity index (χ4n) is 2.60. The SMILES string of the molecule is Cc1ccc(C(=O)N2CCCc3ccccc32)cc1. The Morgan fingerprint density at radius 2 is 1.79 bits per heavy atom. The molecular formula is C17H17NO. The molecule has 2 aromatic carbocycles. The van der Waals surface area contributed by atoms with E-state index in [0.717, 1.165) is 30.6 Å². The van der Waals surface area contributed by atoms with Crippen LogP contribution in [0, 0.1) is 6.92 Å². The van der Waals surface area contributed by atoms with Gasteiger partial charge in [-0.1, -0.05) is 35.9 Å². The zero-order valence-corrected chi connectivity index (χ0v) is 11.1. The van der Waals surface area contributed by atoms with Crippen molar-refractivity contribution in [2.45, 2.75) is 19.8 Å². The second-order valence-corrected chi connectivity index (χ2v) is 5.06. The van der Waals surface area contributed by atoms with Gasteiger partial charge in [0.2, 0.25) is 0 Å². The first-order valence-electron chi connectivity index (χ1n) is 6.72. The molecule has 1 aliphatic heterocycles. The van der Waals surface area contributed by atoms with E-state index < -0.39 is 0 Å². The molecule has 96 valence electrons. The van der Waals surface area contributed by atoms with E-state index in [4.69, 9.17) is 0 Å². The maximum atomic E-state index is 12.6. The van der Waals surface area contributed by atoms with Crippen molar-refractivity contribution >= 4 is 11.6 Å². The Balaban J connectivity index is 1.95. The zero-order chi connectivity index (χ0) is 13.2.